The Morgan fingerprint density at radius 3 is 3.12 bits per heavy atom. The summed E-state index contributed by atoms with van der Waals surface area (Å²) in [6.07, 6.45) is 3.39. The Hall–Kier alpha value is -1.06. The number of fused-ring (bicyclic) bond motifs is 1. The van der Waals surface area contributed by atoms with Gasteiger partial charge in [0.15, 0.2) is 6.79 Å². The fourth-order valence-corrected chi connectivity index (χ4v) is 2.10. The lowest BCUT2D eigenvalue weighted by molar-refractivity contribution is 0.0223. The van der Waals surface area contributed by atoms with Crippen molar-refractivity contribution in [2.24, 2.45) is 5.73 Å². The highest BCUT2D eigenvalue weighted by Crippen LogP contribution is 2.30. The minimum atomic E-state index is 0.166. The topological polar surface area (TPSA) is 44.5 Å². The Morgan fingerprint density at radius 1 is 1.44 bits per heavy atom. The highest BCUT2D eigenvalue weighted by molar-refractivity contribution is 5.38. The lowest BCUT2D eigenvalue weighted by Gasteiger charge is -2.22. The normalized spacial score (nSPS) is 19.2. The van der Waals surface area contributed by atoms with Crippen LogP contribution < -0.4 is 10.5 Å². The van der Waals surface area contributed by atoms with E-state index in [-0.39, 0.29) is 6.04 Å². The van der Waals surface area contributed by atoms with Crippen LogP contribution in [0.5, 0.6) is 5.75 Å². The molecule has 1 aromatic carbocycles. The van der Waals surface area contributed by atoms with E-state index in [2.05, 4.69) is 12.1 Å². The summed E-state index contributed by atoms with van der Waals surface area (Å²) in [5.74, 6) is 0.851. The largest absolute Gasteiger partial charge is 0.468 e. The van der Waals surface area contributed by atoms with Crippen molar-refractivity contribution >= 4 is 0 Å². The molecule has 0 bridgehead atoms. The first-order chi connectivity index (χ1) is 7.81. The van der Waals surface area contributed by atoms with E-state index >= 15 is 0 Å². The predicted molar refractivity (Wildman–Crippen MR) is 63.4 cm³/mol. The van der Waals surface area contributed by atoms with Crippen LogP contribution in [0.15, 0.2) is 18.2 Å². The van der Waals surface area contributed by atoms with Crippen LogP contribution in [0.2, 0.25) is 0 Å². The van der Waals surface area contributed by atoms with Gasteiger partial charge in [-0.25, -0.2) is 0 Å². The van der Waals surface area contributed by atoms with Gasteiger partial charge in [-0.1, -0.05) is 6.07 Å². The highest BCUT2D eigenvalue weighted by atomic mass is 16.7. The van der Waals surface area contributed by atoms with Crippen molar-refractivity contribution in [3.8, 4) is 5.75 Å². The molecule has 1 aromatic rings. The van der Waals surface area contributed by atoms with Gasteiger partial charge in [0.05, 0.1) is 0 Å². The molecule has 0 aromatic heterocycles. The Balaban J connectivity index is 2.08. The molecule has 1 aliphatic carbocycles. The molecule has 0 unspecified atom stereocenters. The molecule has 2 rings (SSSR count). The van der Waals surface area contributed by atoms with Gasteiger partial charge in [0.25, 0.3) is 0 Å². The first-order valence-corrected chi connectivity index (χ1v) is 5.90. The fourth-order valence-electron chi connectivity index (χ4n) is 2.10. The van der Waals surface area contributed by atoms with Crippen LogP contribution in [-0.4, -0.2) is 13.4 Å². The number of hydrogen-bond acceptors (Lipinski definition) is 3. The Bertz CT molecular complexity index is 352. The zero-order chi connectivity index (χ0) is 11.4. The van der Waals surface area contributed by atoms with E-state index in [4.69, 9.17) is 15.2 Å². The number of ether oxygens (including phenoxy) is 2. The molecule has 3 nitrogen and oxygen atoms in total. The molecule has 1 atom stereocenters. The monoisotopic (exact) mass is 221 g/mol. The summed E-state index contributed by atoms with van der Waals surface area (Å²) in [7, 11) is 0. The fraction of sp³-hybridized carbons (Fsp3) is 0.538. The van der Waals surface area contributed by atoms with Gasteiger partial charge in [-0.15, -0.1) is 0 Å². The number of nitrogens with two attached hydrogens (primary N) is 1. The Morgan fingerprint density at radius 2 is 2.31 bits per heavy atom. The molecule has 0 spiro atoms. The van der Waals surface area contributed by atoms with E-state index in [1.54, 1.807) is 0 Å². The van der Waals surface area contributed by atoms with Gasteiger partial charge >= 0.3 is 0 Å². The van der Waals surface area contributed by atoms with Crippen molar-refractivity contribution in [2.45, 2.75) is 32.2 Å². The summed E-state index contributed by atoms with van der Waals surface area (Å²) in [6, 6.07) is 6.34. The second kappa shape index (κ2) is 5.32. The summed E-state index contributed by atoms with van der Waals surface area (Å²) in [5.41, 5.74) is 8.68. The lowest BCUT2D eigenvalue weighted by atomic mass is 9.88. The van der Waals surface area contributed by atoms with Gasteiger partial charge in [-0.05, 0) is 49.4 Å². The smallest absolute Gasteiger partial charge is 0.189 e. The molecule has 16 heavy (non-hydrogen) atoms. The Kier molecular flexibility index (Phi) is 3.80. The van der Waals surface area contributed by atoms with Gasteiger partial charge in [-0.3, -0.25) is 0 Å². The van der Waals surface area contributed by atoms with Crippen LogP contribution in [0.1, 0.15) is 36.9 Å². The average Bonchev–Trinajstić information content (AvgIpc) is 2.30. The number of aryl methyl sites for hydroxylation is 1. The second-order valence-electron chi connectivity index (χ2n) is 4.11. The van der Waals surface area contributed by atoms with Crippen LogP contribution >= 0.6 is 0 Å². The highest BCUT2D eigenvalue weighted by Gasteiger charge is 2.17. The summed E-state index contributed by atoms with van der Waals surface area (Å²) in [5, 5.41) is 0. The van der Waals surface area contributed by atoms with Gasteiger partial charge in [0.1, 0.15) is 5.75 Å². The maximum atomic E-state index is 6.08. The molecular formula is C13H19NO2. The summed E-state index contributed by atoms with van der Waals surface area (Å²) >= 11 is 0. The summed E-state index contributed by atoms with van der Waals surface area (Å²) < 4.78 is 10.6. The van der Waals surface area contributed by atoms with Crippen LogP contribution in [0.4, 0.5) is 0 Å². The molecule has 0 heterocycles. The minimum Gasteiger partial charge on any atom is -0.468 e. The maximum absolute atomic E-state index is 6.08. The van der Waals surface area contributed by atoms with Crippen molar-refractivity contribution in [2.75, 3.05) is 13.4 Å². The van der Waals surface area contributed by atoms with Crippen molar-refractivity contribution in [3.05, 3.63) is 29.3 Å². The third-order valence-electron chi connectivity index (χ3n) is 2.99. The molecule has 2 N–H and O–H groups in total. The van der Waals surface area contributed by atoms with E-state index in [9.17, 15) is 0 Å². The first-order valence-electron chi connectivity index (χ1n) is 5.90. The molecule has 3 heteroatoms. The van der Waals surface area contributed by atoms with Crippen LogP contribution in [0.25, 0.3) is 0 Å². The third kappa shape index (κ3) is 2.54. The van der Waals surface area contributed by atoms with E-state index in [1.165, 1.54) is 17.5 Å². The van der Waals surface area contributed by atoms with Gasteiger partial charge < -0.3 is 15.2 Å². The molecule has 0 saturated heterocycles. The van der Waals surface area contributed by atoms with Crippen molar-refractivity contribution in [1.82, 2.24) is 0 Å². The number of hydrogen-bond donors (Lipinski definition) is 1. The van der Waals surface area contributed by atoms with Crippen LogP contribution in [-0.2, 0) is 11.2 Å². The predicted octanol–water partition coefficient (Wildman–Crippen LogP) is 2.40. The van der Waals surface area contributed by atoms with Crippen LogP contribution in [0, 0.1) is 0 Å². The molecule has 0 radical (unpaired) electrons. The average molecular weight is 221 g/mol. The van der Waals surface area contributed by atoms with E-state index < -0.39 is 0 Å². The number of benzene rings is 1. The minimum absolute atomic E-state index is 0.166. The van der Waals surface area contributed by atoms with Gasteiger partial charge in [-0.2, -0.15) is 0 Å². The maximum Gasteiger partial charge on any atom is 0.189 e. The Labute approximate surface area is 96.5 Å². The quantitative estimate of drug-likeness (QED) is 0.627. The van der Waals surface area contributed by atoms with E-state index in [0.29, 0.717) is 13.4 Å². The van der Waals surface area contributed by atoms with Crippen molar-refractivity contribution in [3.63, 3.8) is 0 Å². The van der Waals surface area contributed by atoms with Crippen molar-refractivity contribution < 1.29 is 9.47 Å². The molecule has 1 aliphatic rings. The molecule has 0 fully saturated rings. The molecule has 88 valence electrons. The van der Waals surface area contributed by atoms with Crippen molar-refractivity contribution in [1.29, 1.82) is 0 Å². The zero-order valence-electron chi connectivity index (χ0n) is 9.74. The standard InChI is InChI=1S/C13H19NO2/c1-2-15-9-16-11-7-6-10-4-3-5-13(14)12(10)8-11/h6-8,13H,2-5,9,14H2,1H3/t13-/m0/s1. The van der Waals surface area contributed by atoms with E-state index in [1.807, 2.05) is 13.0 Å². The second-order valence-corrected chi connectivity index (χ2v) is 4.11. The van der Waals surface area contributed by atoms with Crippen LogP contribution in [0.3, 0.4) is 0 Å². The number of rotatable bonds is 4. The molecule has 0 saturated carbocycles. The van der Waals surface area contributed by atoms with E-state index in [0.717, 1.165) is 18.6 Å². The zero-order valence-corrected chi connectivity index (χ0v) is 9.74. The van der Waals surface area contributed by atoms with Gasteiger partial charge in [0, 0.05) is 12.6 Å². The summed E-state index contributed by atoms with van der Waals surface area (Å²) in [4.78, 5) is 0. The molecule has 0 aliphatic heterocycles. The van der Waals surface area contributed by atoms with Gasteiger partial charge in [0.2, 0.25) is 0 Å². The lowest BCUT2D eigenvalue weighted by Crippen LogP contribution is -2.17. The SMILES string of the molecule is CCOCOc1ccc2c(c1)[C@@H](N)CCC2. The summed E-state index contributed by atoms with van der Waals surface area (Å²) in [6.45, 7) is 2.93. The third-order valence-corrected chi connectivity index (χ3v) is 2.99. The first kappa shape index (κ1) is 11.4. The molecule has 0 amide bonds. The molecular weight excluding hydrogens is 202 g/mol.